The molecule has 5 nitrogen and oxygen atoms in total. The zero-order chi connectivity index (χ0) is 15.1. The molecule has 1 aliphatic heterocycles. The van der Waals surface area contributed by atoms with Gasteiger partial charge in [-0.1, -0.05) is 6.07 Å². The van der Waals surface area contributed by atoms with E-state index in [9.17, 15) is 4.79 Å². The molecule has 0 aromatic heterocycles. The number of carbonyl (C=O) groups excluding carboxylic acids is 1. The molecule has 1 atom stereocenters. The van der Waals surface area contributed by atoms with Gasteiger partial charge in [0.15, 0.2) is 0 Å². The van der Waals surface area contributed by atoms with E-state index in [1.54, 1.807) is 7.11 Å². The topological polar surface area (TPSA) is 53.6 Å². The molecule has 0 radical (unpaired) electrons. The van der Waals surface area contributed by atoms with Crippen LogP contribution in [0.4, 0.5) is 5.69 Å². The smallest absolute Gasteiger partial charge is 0.221 e. The molecular formula is C16H27Cl2N3O2. The number of nitrogens with one attached hydrogen (secondary N) is 2. The first-order valence-electron chi connectivity index (χ1n) is 7.56. The molecule has 132 valence electrons. The van der Waals surface area contributed by atoms with E-state index in [4.69, 9.17) is 4.74 Å². The van der Waals surface area contributed by atoms with E-state index in [0.717, 1.165) is 43.9 Å². The fourth-order valence-electron chi connectivity index (χ4n) is 2.68. The largest absolute Gasteiger partial charge is 0.497 e. The predicted octanol–water partition coefficient (Wildman–Crippen LogP) is 2.23. The van der Waals surface area contributed by atoms with Crippen LogP contribution >= 0.6 is 24.8 Å². The van der Waals surface area contributed by atoms with Crippen LogP contribution in [-0.2, 0) is 4.79 Å². The van der Waals surface area contributed by atoms with Gasteiger partial charge in [0.25, 0.3) is 0 Å². The van der Waals surface area contributed by atoms with Crippen LogP contribution in [0.15, 0.2) is 24.3 Å². The molecule has 23 heavy (non-hydrogen) atoms. The van der Waals surface area contributed by atoms with Gasteiger partial charge in [-0.15, -0.1) is 24.8 Å². The minimum absolute atomic E-state index is 0. The third kappa shape index (κ3) is 6.85. The second kappa shape index (κ2) is 11.4. The van der Waals surface area contributed by atoms with Crippen molar-refractivity contribution in [2.45, 2.75) is 25.3 Å². The van der Waals surface area contributed by atoms with E-state index in [0.29, 0.717) is 6.42 Å². The first kappa shape index (κ1) is 21.8. The summed E-state index contributed by atoms with van der Waals surface area (Å²) in [6.07, 6.45) is 2.67. The fraction of sp³-hybridized carbons (Fsp3) is 0.562. The van der Waals surface area contributed by atoms with Gasteiger partial charge in [-0.2, -0.15) is 0 Å². The van der Waals surface area contributed by atoms with E-state index in [2.05, 4.69) is 21.6 Å². The Bertz CT molecular complexity index is 474. The molecule has 0 bridgehead atoms. The molecule has 1 saturated heterocycles. The molecule has 1 aliphatic rings. The van der Waals surface area contributed by atoms with Gasteiger partial charge in [0.05, 0.1) is 7.11 Å². The Labute approximate surface area is 151 Å². The minimum Gasteiger partial charge on any atom is -0.497 e. The number of carbonyl (C=O) groups is 1. The van der Waals surface area contributed by atoms with Crippen molar-refractivity contribution in [1.29, 1.82) is 0 Å². The average Bonchev–Trinajstić information content (AvgIpc) is 2.53. The van der Waals surface area contributed by atoms with Crippen LogP contribution < -0.4 is 20.3 Å². The SMILES string of the molecule is CNCCC(=O)NC1CCCN(c2cccc(OC)c2)C1.Cl.Cl. The zero-order valence-electron chi connectivity index (χ0n) is 13.7. The Morgan fingerprint density at radius 2 is 2.17 bits per heavy atom. The molecule has 2 rings (SSSR count). The molecule has 1 aromatic carbocycles. The first-order valence-corrected chi connectivity index (χ1v) is 7.56. The number of benzene rings is 1. The highest BCUT2D eigenvalue weighted by Crippen LogP contribution is 2.24. The summed E-state index contributed by atoms with van der Waals surface area (Å²) < 4.78 is 5.28. The van der Waals surface area contributed by atoms with E-state index >= 15 is 0 Å². The van der Waals surface area contributed by atoms with Crippen molar-refractivity contribution < 1.29 is 9.53 Å². The quantitative estimate of drug-likeness (QED) is 0.813. The number of nitrogens with zero attached hydrogens (tertiary/aromatic N) is 1. The van der Waals surface area contributed by atoms with Crippen LogP contribution in [-0.4, -0.2) is 45.7 Å². The van der Waals surface area contributed by atoms with Gasteiger partial charge in [-0.3, -0.25) is 4.79 Å². The zero-order valence-corrected chi connectivity index (χ0v) is 15.3. The molecular weight excluding hydrogens is 337 g/mol. The Kier molecular flexibility index (Phi) is 10.8. The van der Waals surface area contributed by atoms with Crippen molar-refractivity contribution in [1.82, 2.24) is 10.6 Å². The van der Waals surface area contributed by atoms with Crippen molar-refractivity contribution in [3.05, 3.63) is 24.3 Å². The van der Waals surface area contributed by atoms with Crippen LogP contribution in [0.2, 0.25) is 0 Å². The highest BCUT2D eigenvalue weighted by atomic mass is 35.5. The van der Waals surface area contributed by atoms with E-state index in [-0.39, 0.29) is 36.8 Å². The minimum atomic E-state index is 0. The maximum atomic E-state index is 11.8. The summed E-state index contributed by atoms with van der Waals surface area (Å²) in [5.74, 6) is 0.995. The normalized spacial score (nSPS) is 16.8. The van der Waals surface area contributed by atoms with Gasteiger partial charge in [0, 0.05) is 43.9 Å². The summed E-state index contributed by atoms with van der Waals surface area (Å²) in [6.45, 7) is 2.60. The molecule has 0 spiro atoms. The lowest BCUT2D eigenvalue weighted by atomic mass is 10.0. The Morgan fingerprint density at radius 3 is 2.87 bits per heavy atom. The van der Waals surface area contributed by atoms with E-state index < -0.39 is 0 Å². The van der Waals surface area contributed by atoms with Crippen LogP contribution in [0.1, 0.15) is 19.3 Å². The highest BCUT2D eigenvalue weighted by molar-refractivity contribution is 5.85. The summed E-state index contributed by atoms with van der Waals surface area (Å²) in [6, 6.07) is 8.32. The van der Waals surface area contributed by atoms with Gasteiger partial charge in [0.1, 0.15) is 5.75 Å². The van der Waals surface area contributed by atoms with Crippen molar-refractivity contribution >= 4 is 36.4 Å². The van der Waals surface area contributed by atoms with Gasteiger partial charge in [0.2, 0.25) is 5.91 Å². The maximum Gasteiger partial charge on any atom is 0.221 e. The van der Waals surface area contributed by atoms with E-state index in [1.165, 1.54) is 0 Å². The van der Waals surface area contributed by atoms with Crippen molar-refractivity contribution in [3.8, 4) is 5.75 Å². The molecule has 7 heteroatoms. The lowest BCUT2D eigenvalue weighted by Gasteiger charge is -2.35. The van der Waals surface area contributed by atoms with Gasteiger partial charge >= 0.3 is 0 Å². The van der Waals surface area contributed by atoms with Crippen molar-refractivity contribution in [2.75, 3.05) is 38.7 Å². The molecule has 0 aliphatic carbocycles. The number of halogens is 2. The standard InChI is InChI=1S/C16H25N3O2.2ClH/c1-17-9-8-16(20)18-13-5-4-10-19(12-13)14-6-3-7-15(11-14)21-2;;/h3,6-7,11,13,17H,4-5,8-10,12H2,1-2H3,(H,18,20);2*1H. The van der Waals surface area contributed by atoms with Crippen LogP contribution in [0.5, 0.6) is 5.75 Å². The summed E-state index contributed by atoms with van der Waals surface area (Å²) in [5.41, 5.74) is 1.16. The number of piperidine rings is 1. The van der Waals surface area contributed by atoms with Crippen molar-refractivity contribution in [2.24, 2.45) is 0 Å². The second-order valence-electron chi connectivity index (χ2n) is 5.41. The molecule has 1 amide bonds. The van der Waals surface area contributed by atoms with Crippen LogP contribution in [0.25, 0.3) is 0 Å². The maximum absolute atomic E-state index is 11.8. The number of anilines is 1. The molecule has 0 saturated carbocycles. The third-order valence-electron chi connectivity index (χ3n) is 3.81. The Hall–Kier alpha value is -1.17. The second-order valence-corrected chi connectivity index (χ2v) is 5.41. The molecule has 2 N–H and O–H groups in total. The molecule has 1 fully saturated rings. The summed E-state index contributed by atoms with van der Waals surface area (Å²) in [5, 5.41) is 6.13. The number of hydrogen-bond donors (Lipinski definition) is 2. The number of rotatable bonds is 6. The monoisotopic (exact) mass is 363 g/mol. The fourth-order valence-corrected chi connectivity index (χ4v) is 2.68. The van der Waals surface area contributed by atoms with E-state index in [1.807, 2.05) is 25.2 Å². The number of methoxy groups -OCH3 is 1. The Morgan fingerprint density at radius 1 is 1.39 bits per heavy atom. The van der Waals surface area contributed by atoms with Gasteiger partial charge in [-0.25, -0.2) is 0 Å². The Balaban J connectivity index is 0.00000242. The summed E-state index contributed by atoms with van der Waals surface area (Å²) in [7, 11) is 3.54. The summed E-state index contributed by atoms with van der Waals surface area (Å²) in [4.78, 5) is 14.1. The molecule has 1 heterocycles. The third-order valence-corrected chi connectivity index (χ3v) is 3.81. The number of amides is 1. The van der Waals surface area contributed by atoms with Gasteiger partial charge < -0.3 is 20.3 Å². The molecule has 1 unspecified atom stereocenters. The average molecular weight is 364 g/mol. The van der Waals surface area contributed by atoms with Crippen LogP contribution in [0, 0.1) is 0 Å². The van der Waals surface area contributed by atoms with Gasteiger partial charge in [-0.05, 0) is 32.0 Å². The van der Waals surface area contributed by atoms with Crippen LogP contribution in [0.3, 0.4) is 0 Å². The molecule has 1 aromatic rings. The van der Waals surface area contributed by atoms with Crippen molar-refractivity contribution in [3.63, 3.8) is 0 Å². The highest BCUT2D eigenvalue weighted by Gasteiger charge is 2.21. The number of hydrogen-bond acceptors (Lipinski definition) is 4. The lowest BCUT2D eigenvalue weighted by Crippen LogP contribution is -2.48. The first-order chi connectivity index (χ1) is 10.2. The summed E-state index contributed by atoms with van der Waals surface area (Å²) >= 11 is 0. The number of ether oxygens (including phenoxy) is 1. The predicted molar refractivity (Wildman–Crippen MR) is 99.4 cm³/mol. The lowest BCUT2D eigenvalue weighted by molar-refractivity contribution is -0.121.